The number of fused-ring (bicyclic) bond motifs is 1. The number of anilines is 2. The number of carbonyl (C=O) groups excluding carboxylic acids is 1. The molecule has 0 aliphatic heterocycles. The molecular weight excluding hydrogens is 380 g/mol. The summed E-state index contributed by atoms with van der Waals surface area (Å²) in [5.41, 5.74) is 0.611. The zero-order valence-corrected chi connectivity index (χ0v) is 16.5. The number of nitrogens with zero attached hydrogens (tertiary/aromatic N) is 5. The minimum absolute atomic E-state index is 0.170. The van der Waals surface area contributed by atoms with Crippen LogP contribution in [-0.2, 0) is 0 Å². The van der Waals surface area contributed by atoms with Crippen LogP contribution in [0.5, 0.6) is 0 Å². The zero-order chi connectivity index (χ0) is 18.8. The van der Waals surface area contributed by atoms with Gasteiger partial charge in [0, 0.05) is 31.7 Å². The Kier molecular flexibility index (Phi) is 4.87. The maximum atomic E-state index is 12.7. The Labute approximate surface area is 164 Å². The predicted molar refractivity (Wildman–Crippen MR) is 110 cm³/mol. The second-order valence-electron chi connectivity index (χ2n) is 5.73. The number of thiophene rings is 1. The van der Waals surface area contributed by atoms with E-state index in [4.69, 9.17) is 0 Å². The van der Waals surface area contributed by atoms with Gasteiger partial charge in [0.2, 0.25) is 0 Å². The number of carbonyl (C=O) groups is 1. The van der Waals surface area contributed by atoms with Crippen molar-refractivity contribution in [3.05, 3.63) is 47.7 Å². The first-order chi connectivity index (χ1) is 13.2. The lowest BCUT2D eigenvalue weighted by Gasteiger charge is -2.16. The van der Waals surface area contributed by atoms with Crippen LogP contribution in [0.4, 0.5) is 10.8 Å². The molecule has 1 N–H and O–H groups in total. The van der Waals surface area contributed by atoms with Gasteiger partial charge in [-0.3, -0.25) is 4.79 Å². The summed E-state index contributed by atoms with van der Waals surface area (Å²) in [5, 5.41) is 8.13. The molecule has 138 valence electrons. The number of rotatable bonds is 6. The van der Waals surface area contributed by atoms with Crippen molar-refractivity contribution in [1.82, 2.24) is 19.7 Å². The highest BCUT2D eigenvalue weighted by Crippen LogP contribution is 2.35. The number of thiazole rings is 1. The smallest absolute Gasteiger partial charge is 0.265 e. The van der Waals surface area contributed by atoms with Gasteiger partial charge in [0.25, 0.3) is 5.91 Å². The molecule has 4 aromatic heterocycles. The molecule has 0 aliphatic rings. The van der Waals surface area contributed by atoms with Crippen molar-refractivity contribution in [3.8, 4) is 5.82 Å². The molecule has 0 fully saturated rings. The maximum Gasteiger partial charge on any atom is 0.265 e. The summed E-state index contributed by atoms with van der Waals surface area (Å²) < 4.78 is 2.66. The molecule has 0 radical (unpaired) electrons. The lowest BCUT2D eigenvalue weighted by molar-refractivity contribution is 0.103. The molecule has 27 heavy (non-hydrogen) atoms. The van der Waals surface area contributed by atoms with Crippen LogP contribution < -0.4 is 10.2 Å². The molecule has 1 amide bonds. The third-order valence-electron chi connectivity index (χ3n) is 4.09. The number of amides is 1. The first-order valence-electron chi connectivity index (χ1n) is 8.61. The van der Waals surface area contributed by atoms with E-state index in [0.29, 0.717) is 16.4 Å². The Balaban J connectivity index is 1.58. The van der Waals surface area contributed by atoms with E-state index < -0.39 is 0 Å². The normalized spacial score (nSPS) is 11.0. The fraction of sp³-hybridized carbons (Fsp3) is 0.222. The van der Waals surface area contributed by atoms with Crippen molar-refractivity contribution in [2.75, 3.05) is 23.3 Å². The molecule has 0 saturated heterocycles. The molecule has 7 nitrogen and oxygen atoms in total. The predicted octanol–water partition coefficient (Wildman–Crippen LogP) is 4.04. The third kappa shape index (κ3) is 3.43. The molecule has 0 spiro atoms. The summed E-state index contributed by atoms with van der Waals surface area (Å²) in [5.74, 6) is 0.409. The molecule has 0 atom stereocenters. The van der Waals surface area contributed by atoms with E-state index in [1.165, 1.54) is 11.3 Å². The molecule has 0 unspecified atom stereocenters. The Morgan fingerprint density at radius 1 is 1.22 bits per heavy atom. The Morgan fingerprint density at radius 2 is 2.07 bits per heavy atom. The van der Waals surface area contributed by atoms with Gasteiger partial charge < -0.3 is 10.2 Å². The SMILES string of the molecule is CCN(CC)c1nc2sc(C(=O)Nc3cccnc3-n3cccn3)cc2s1. The van der Waals surface area contributed by atoms with E-state index in [-0.39, 0.29) is 5.91 Å². The van der Waals surface area contributed by atoms with Crippen LogP contribution in [0.15, 0.2) is 42.9 Å². The van der Waals surface area contributed by atoms with Gasteiger partial charge >= 0.3 is 0 Å². The van der Waals surface area contributed by atoms with E-state index in [0.717, 1.165) is 27.8 Å². The highest BCUT2D eigenvalue weighted by atomic mass is 32.1. The van der Waals surface area contributed by atoms with Crippen LogP contribution in [0.2, 0.25) is 0 Å². The standard InChI is InChI=1S/C18H18N6OS2/c1-3-23(4-2)18-22-17-14(27-18)11-13(26-17)16(25)21-12-7-5-8-19-15(12)24-10-6-9-20-24/h5-11H,3-4H2,1-2H3,(H,21,25). The molecule has 0 aromatic carbocycles. The Morgan fingerprint density at radius 3 is 2.78 bits per heavy atom. The number of nitrogens with one attached hydrogen (secondary N) is 1. The second kappa shape index (κ2) is 7.45. The summed E-state index contributed by atoms with van der Waals surface area (Å²) in [6.45, 7) is 6.07. The average molecular weight is 399 g/mol. The van der Waals surface area contributed by atoms with Gasteiger partial charge in [-0.25, -0.2) is 14.6 Å². The van der Waals surface area contributed by atoms with Crippen LogP contribution in [0.25, 0.3) is 15.3 Å². The first-order valence-corrected chi connectivity index (χ1v) is 10.2. The minimum Gasteiger partial charge on any atom is -0.349 e. The lowest BCUT2D eigenvalue weighted by Crippen LogP contribution is -2.21. The molecule has 4 aromatic rings. The quantitative estimate of drug-likeness (QED) is 0.530. The number of hydrogen-bond acceptors (Lipinski definition) is 7. The van der Waals surface area contributed by atoms with Crippen LogP contribution in [0, 0.1) is 0 Å². The van der Waals surface area contributed by atoms with E-state index in [2.05, 4.69) is 39.1 Å². The van der Waals surface area contributed by atoms with Crippen molar-refractivity contribution < 1.29 is 4.79 Å². The van der Waals surface area contributed by atoms with Gasteiger partial charge in [-0.1, -0.05) is 11.3 Å². The van der Waals surface area contributed by atoms with Gasteiger partial charge in [-0.15, -0.1) is 11.3 Å². The molecule has 4 rings (SSSR count). The molecule has 4 heterocycles. The summed E-state index contributed by atoms with van der Waals surface area (Å²) >= 11 is 3.02. The van der Waals surface area contributed by atoms with Crippen molar-refractivity contribution in [1.29, 1.82) is 0 Å². The van der Waals surface area contributed by atoms with E-state index >= 15 is 0 Å². The van der Waals surface area contributed by atoms with E-state index in [9.17, 15) is 4.79 Å². The summed E-state index contributed by atoms with van der Waals surface area (Å²) in [7, 11) is 0. The monoisotopic (exact) mass is 398 g/mol. The minimum atomic E-state index is -0.170. The molecular formula is C18H18N6OS2. The van der Waals surface area contributed by atoms with Crippen molar-refractivity contribution in [2.24, 2.45) is 0 Å². The fourth-order valence-corrected chi connectivity index (χ4v) is 4.95. The van der Waals surface area contributed by atoms with Crippen LogP contribution in [0.1, 0.15) is 23.5 Å². The van der Waals surface area contributed by atoms with Crippen molar-refractivity contribution in [2.45, 2.75) is 13.8 Å². The zero-order valence-electron chi connectivity index (χ0n) is 14.9. The number of hydrogen-bond donors (Lipinski definition) is 1. The van der Waals surface area contributed by atoms with Gasteiger partial charge in [0.15, 0.2) is 10.9 Å². The third-order valence-corrected chi connectivity index (χ3v) is 6.31. The molecule has 0 bridgehead atoms. The topological polar surface area (TPSA) is 75.9 Å². The molecule has 9 heteroatoms. The summed E-state index contributed by atoms with van der Waals surface area (Å²) in [6, 6.07) is 7.32. The summed E-state index contributed by atoms with van der Waals surface area (Å²) in [6.07, 6.45) is 5.14. The van der Waals surface area contributed by atoms with Crippen LogP contribution in [0.3, 0.4) is 0 Å². The maximum absolute atomic E-state index is 12.7. The van der Waals surface area contributed by atoms with Gasteiger partial charge in [0.05, 0.1) is 15.3 Å². The fourth-order valence-electron chi connectivity index (χ4n) is 2.72. The van der Waals surface area contributed by atoms with E-state index in [1.54, 1.807) is 40.7 Å². The Hall–Kier alpha value is -2.78. The average Bonchev–Trinajstić information content (AvgIpc) is 3.39. The van der Waals surface area contributed by atoms with Crippen LogP contribution >= 0.6 is 22.7 Å². The molecule has 0 saturated carbocycles. The highest BCUT2D eigenvalue weighted by Gasteiger charge is 2.17. The Bertz CT molecular complexity index is 1030. The largest absolute Gasteiger partial charge is 0.349 e. The number of pyridine rings is 1. The first kappa shape index (κ1) is 17.6. The highest BCUT2D eigenvalue weighted by molar-refractivity contribution is 7.29. The lowest BCUT2D eigenvalue weighted by atomic mass is 10.3. The van der Waals surface area contributed by atoms with E-state index in [1.807, 2.05) is 18.2 Å². The van der Waals surface area contributed by atoms with Crippen LogP contribution in [-0.4, -0.2) is 38.7 Å². The van der Waals surface area contributed by atoms with Crippen molar-refractivity contribution in [3.63, 3.8) is 0 Å². The second-order valence-corrected chi connectivity index (χ2v) is 7.77. The van der Waals surface area contributed by atoms with Gasteiger partial charge in [-0.05, 0) is 38.1 Å². The number of aromatic nitrogens is 4. The molecule has 0 aliphatic carbocycles. The van der Waals surface area contributed by atoms with Gasteiger partial charge in [0.1, 0.15) is 4.83 Å². The summed E-state index contributed by atoms with van der Waals surface area (Å²) in [4.78, 5) is 25.5. The van der Waals surface area contributed by atoms with Gasteiger partial charge in [-0.2, -0.15) is 5.10 Å². The van der Waals surface area contributed by atoms with Crippen molar-refractivity contribution >= 4 is 48.9 Å².